The zero-order valence-electron chi connectivity index (χ0n) is 14.3. The number of aryl methyl sites for hydroxylation is 1. The Morgan fingerprint density at radius 2 is 1.72 bits per heavy atom. The van der Waals surface area contributed by atoms with Gasteiger partial charge in [-0.15, -0.1) is 0 Å². The van der Waals surface area contributed by atoms with E-state index in [9.17, 15) is 5.11 Å². The van der Waals surface area contributed by atoms with E-state index >= 15 is 0 Å². The fraction of sp³-hybridized carbons (Fsp3) is 0.238. The molecule has 0 bridgehead atoms. The molecule has 0 radical (unpaired) electrons. The van der Waals surface area contributed by atoms with Crippen LogP contribution in [0, 0.1) is 6.92 Å². The van der Waals surface area contributed by atoms with E-state index in [1.54, 1.807) is 6.26 Å². The molecular weight excluding hydrogens is 314 g/mol. The molecule has 0 aliphatic heterocycles. The number of hydrogen-bond acceptors (Lipinski definition) is 4. The average molecular weight is 337 g/mol. The quantitative estimate of drug-likeness (QED) is 0.652. The van der Waals surface area contributed by atoms with Crippen molar-refractivity contribution in [2.75, 3.05) is 6.61 Å². The molecule has 1 heterocycles. The van der Waals surface area contributed by atoms with Gasteiger partial charge < -0.3 is 19.6 Å². The van der Waals surface area contributed by atoms with Crippen LogP contribution in [0.5, 0.6) is 5.75 Å². The first-order chi connectivity index (χ1) is 12.2. The van der Waals surface area contributed by atoms with E-state index in [2.05, 4.69) is 36.5 Å². The molecule has 0 saturated heterocycles. The number of aliphatic hydroxyl groups is 1. The lowest BCUT2D eigenvalue weighted by Gasteiger charge is -2.14. The third-order valence-electron chi connectivity index (χ3n) is 4.07. The van der Waals surface area contributed by atoms with Crippen LogP contribution in [0.25, 0.3) is 0 Å². The van der Waals surface area contributed by atoms with Crippen molar-refractivity contribution in [3.8, 4) is 5.75 Å². The number of rotatable bonds is 8. The zero-order chi connectivity index (χ0) is 17.5. The maximum absolute atomic E-state index is 9.47. The van der Waals surface area contributed by atoms with Crippen LogP contribution >= 0.6 is 0 Å². The molecule has 0 fully saturated rings. The largest absolute Gasteiger partial charge is 0.489 e. The van der Waals surface area contributed by atoms with Crippen LogP contribution in [0.4, 0.5) is 0 Å². The second-order valence-electron chi connectivity index (χ2n) is 6.05. The van der Waals surface area contributed by atoms with Gasteiger partial charge in [-0.05, 0) is 42.3 Å². The number of ether oxygens (including phenoxy) is 1. The molecule has 4 heteroatoms. The Bertz CT molecular complexity index is 749. The van der Waals surface area contributed by atoms with Crippen LogP contribution in [0.15, 0.2) is 71.3 Å². The van der Waals surface area contributed by atoms with Crippen LogP contribution in [-0.2, 0) is 13.2 Å². The predicted octanol–water partition coefficient (Wildman–Crippen LogP) is 3.99. The minimum absolute atomic E-state index is 0.00867. The molecule has 0 spiro atoms. The minimum Gasteiger partial charge on any atom is -0.489 e. The summed E-state index contributed by atoms with van der Waals surface area (Å²) in [5.41, 5.74) is 3.52. The summed E-state index contributed by atoms with van der Waals surface area (Å²) >= 11 is 0. The van der Waals surface area contributed by atoms with Crippen LogP contribution < -0.4 is 10.1 Å². The molecule has 3 aromatic rings. The molecule has 0 amide bonds. The smallest absolute Gasteiger partial charge is 0.123 e. The van der Waals surface area contributed by atoms with Gasteiger partial charge >= 0.3 is 0 Å². The summed E-state index contributed by atoms with van der Waals surface area (Å²) in [6.07, 6.45) is 1.61. The lowest BCUT2D eigenvalue weighted by molar-refractivity contribution is 0.225. The van der Waals surface area contributed by atoms with E-state index in [0.717, 1.165) is 22.6 Å². The molecule has 0 saturated carbocycles. The Morgan fingerprint density at radius 3 is 2.36 bits per heavy atom. The molecule has 130 valence electrons. The molecule has 1 aromatic heterocycles. The van der Waals surface area contributed by atoms with E-state index in [1.165, 1.54) is 5.56 Å². The lowest BCUT2D eigenvalue weighted by Crippen LogP contribution is -2.23. The third-order valence-corrected chi connectivity index (χ3v) is 4.07. The van der Waals surface area contributed by atoms with Crippen LogP contribution in [0.2, 0.25) is 0 Å². The van der Waals surface area contributed by atoms with Crippen molar-refractivity contribution in [2.45, 2.75) is 26.1 Å². The first-order valence-electron chi connectivity index (χ1n) is 8.39. The first kappa shape index (κ1) is 17.3. The Labute approximate surface area is 148 Å². The van der Waals surface area contributed by atoms with Crippen LogP contribution in [0.3, 0.4) is 0 Å². The maximum Gasteiger partial charge on any atom is 0.123 e. The highest BCUT2D eigenvalue weighted by molar-refractivity contribution is 5.28. The van der Waals surface area contributed by atoms with Crippen LogP contribution in [0.1, 0.15) is 28.5 Å². The minimum atomic E-state index is -0.201. The standard InChI is InChI=1S/C21H23NO3/c1-16-4-6-18(7-5-16)15-25-19-10-8-17(9-11-19)13-22-20(14-23)21-3-2-12-24-21/h2-12,20,22-23H,13-15H2,1H3. The molecule has 1 atom stereocenters. The highest BCUT2D eigenvalue weighted by Crippen LogP contribution is 2.17. The number of benzene rings is 2. The van der Waals surface area contributed by atoms with Crippen molar-refractivity contribution in [2.24, 2.45) is 0 Å². The van der Waals surface area contributed by atoms with E-state index in [4.69, 9.17) is 9.15 Å². The van der Waals surface area contributed by atoms with Gasteiger partial charge in [-0.2, -0.15) is 0 Å². The van der Waals surface area contributed by atoms with Crippen molar-refractivity contribution in [3.05, 3.63) is 89.4 Å². The van der Waals surface area contributed by atoms with Gasteiger partial charge in [0, 0.05) is 6.54 Å². The lowest BCUT2D eigenvalue weighted by atomic mass is 10.1. The highest BCUT2D eigenvalue weighted by Gasteiger charge is 2.12. The summed E-state index contributed by atoms with van der Waals surface area (Å²) in [5.74, 6) is 1.58. The number of nitrogens with one attached hydrogen (secondary N) is 1. The van der Waals surface area contributed by atoms with E-state index in [-0.39, 0.29) is 12.6 Å². The van der Waals surface area contributed by atoms with Gasteiger partial charge in [0.2, 0.25) is 0 Å². The fourth-order valence-corrected chi connectivity index (χ4v) is 2.54. The van der Waals surface area contributed by atoms with Gasteiger partial charge in [-0.1, -0.05) is 42.0 Å². The first-order valence-corrected chi connectivity index (χ1v) is 8.39. The summed E-state index contributed by atoms with van der Waals surface area (Å²) in [4.78, 5) is 0. The SMILES string of the molecule is Cc1ccc(COc2ccc(CNC(CO)c3ccco3)cc2)cc1. The fourth-order valence-electron chi connectivity index (χ4n) is 2.54. The van der Waals surface area contributed by atoms with Crippen molar-refractivity contribution >= 4 is 0 Å². The van der Waals surface area contributed by atoms with E-state index in [0.29, 0.717) is 13.2 Å². The Kier molecular flexibility index (Phi) is 5.88. The Morgan fingerprint density at radius 1 is 1.00 bits per heavy atom. The van der Waals surface area contributed by atoms with Gasteiger partial charge in [-0.3, -0.25) is 0 Å². The monoisotopic (exact) mass is 337 g/mol. The van der Waals surface area contributed by atoms with Gasteiger partial charge in [0.1, 0.15) is 18.1 Å². The summed E-state index contributed by atoms with van der Waals surface area (Å²) in [6, 6.07) is 19.8. The summed E-state index contributed by atoms with van der Waals surface area (Å²) in [6.45, 7) is 3.27. The van der Waals surface area contributed by atoms with Crippen molar-refractivity contribution in [3.63, 3.8) is 0 Å². The van der Waals surface area contributed by atoms with Gasteiger partial charge in [0.05, 0.1) is 18.9 Å². The zero-order valence-corrected chi connectivity index (χ0v) is 14.3. The van der Waals surface area contributed by atoms with Crippen LogP contribution in [-0.4, -0.2) is 11.7 Å². The Balaban J connectivity index is 1.50. The number of aliphatic hydroxyl groups excluding tert-OH is 1. The molecule has 3 rings (SSSR count). The van der Waals surface area contributed by atoms with Gasteiger partial charge in [0.15, 0.2) is 0 Å². The second kappa shape index (κ2) is 8.51. The summed E-state index contributed by atoms with van der Waals surface area (Å²) in [5, 5.41) is 12.8. The highest BCUT2D eigenvalue weighted by atomic mass is 16.5. The molecule has 0 aliphatic carbocycles. The molecule has 1 unspecified atom stereocenters. The molecule has 2 aromatic carbocycles. The van der Waals surface area contributed by atoms with Gasteiger partial charge in [0.25, 0.3) is 0 Å². The molecular formula is C21H23NO3. The number of hydrogen-bond donors (Lipinski definition) is 2. The Hall–Kier alpha value is -2.56. The maximum atomic E-state index is 9.47. The third kappa shape index (κ3) is 4.95. The van der Waals surface area contributed by atoms with Crippen molar-refractivity contribution in [1.29, 1.82) is 0 Å². The predicted molar refractivity (Wildman–Crippen MR) is 97.3 cm³/mol. The molecule has 0 aliphatic rings. The number of furan rings is 1. The summed E-state index contributed by atoms with van der Waals surface area (Å²) < 4.78 is 11.2. The topological polar surface area (TPSA) is 54.6 Å². The van der Waals surface area contributed by atoms with E-state index in [1.807, 2.05) is 36.4 Å². The molecule has 2 N–H and O–H groups in total. The molecule has 4 nitrogen and oxygen atoms in total. The normalized spacial score (nSPS) is 12.1. The second-order valence-corrected chi connectivity index (χ2v) is 6.05. The summed E-state index contributed by atoms with van der Waals surface area (Å²) in [7, 11) is 0. The van der Waals surface area contributed by atoms with Crippen molar-refractivity contribution < 1.29 is 14.3 Å². The molecule has 25 heavy (non-hydrogen) atoms. The average Bonchev–Trinajstić information content (AvgIpc) is 3.17. The van der Waals surface area contributed by atoms with Crippen molar-refractivity contribution in [1.82, 2.24) is 5.32 Å². The van der Waals surface area contributed by atoms with E-state index < -0.39 is 0 Å². The van der Waals surface area contributed by atoms with Gasteiger partial charge in [-0.25, -0.2) is 0 Å².